The van der Waals surface area contributed by atoms with E-state index in [4.69, 9.17) is 9.84 Å². The number of likely N-dealkylation sites (tertiary alicyclic amines) is 1. The van der Waals surface area contributed by atoms with E-state index < -0.39 is 5.97 Å². The van der Waals surface area contributed by atoms with E-state index in [2.05, 4.69) is 0 Å². The molecule has 1 aromatic rings. The molecule has 1 aromatic carbocycles. The number of nitrogens with zero attached hydrogens (tertiary/aromatic N) is 1. The van der Waals surface area contributed by atoms with E-state index in [0.29, 0.717) is 38.3 Å². The smallest absolute Gasteiger partial charge is 0.303 e. The molecule has 126 valence electrons. The fourth-order valence-corrected chi connectivity index (χ4v) is 2.94. The number of piperidine rings is 1. The highest BCUT2D eigenvalue weighted by molar-refractivity contribution is 5.76. The number of rotatable bonds is 8. The van der Waals surface area contributed by atoms with Crippen molar-refractivity contribution >= 4 is 11.9 Å². The molecule has 0 spiro atoms. The Hall–Kier alpha value is -2.04. The van der Waals surface area contributed by atoms with Gasteiger partial charge < -0.3 is 14.7 Å². The first-order valence-corrected chi connectivity index (χ1v) is 8.32. The molecule has 0 unspecified atom stereocenters. The van der Waals surface area contributed by atoms with E-state index in [1.165, 1.54) is 0 Å². The topological polar surface area (TPSA) is 66.8 Å². The van der Waals surface area contributed by atoms with Gasteiger partial charge in [0.25, 0.3) is 0 Å². The van der Waals surface area contributed by atoms with Crippen LogP contribution in [0.5, 0.6) is 5.75 Å². The summed E-state index contributed by atoms with van der Waals surface area (Å²) in [5.41, 5.74) is 0. The second kappa shape index (κ2) is 9.18. The number of amides is 1. The third kappa shape index (κ3) is 6.30. The first-order valence-electron chi connectivity index (χ1n) is 8.32. The van der Waals surface area contributed by atoms with E-state index in [-0.39, 0.29) is 12.3 Å². The highest BCUT2D eigenvalue weighted by Gasteiger charge is 2.23. The molecule has 1 aliphatic heterocycles. The van der Waals surface area contributed by atoms with Crippen molar-refractivity contribution in [3.8, 4) is 5.75 Å². The summed E-state index contributed by atoms with van der Waals surface area (Å²) in [6.45, 7) is 2.03. The number of carboxylic acids is 1. The average Bonchev–Trinajstić information content (AvgIpc) is 2.58. The molecule has 5 nitrogen and oxygen atoms in total. The molecule has 1 aliphatic rings. The number of carboxylic acid groups (broad SMARTS) is 1. The van der Waals surface area contributed by atoms with Crippen molar-refractivity contribution in [2.75, 3.05) is 19.7 Å². The molecule has 1 saturated heterocycles. The van der Waals surface area contributed by atoms with Crippen LogP contribution in [0.1, 0.15) is 38.5 Å². The molecule has 1 atom stereocenters. The Balaban J connectivity index is 1.65. The van der Waals surface area contributed by atoms with Crippen LogP contribution in [0, 0.1) is 5.92 Å². The molecular formula is C18H25NO4. The van der Waals surface area contributed by atoms with Gasteiger partial charge in [-0.05, 0) is 43.7 Å². The van der Waals surface area contributed by atoms with Crippen molar-refractivity contribution in [1.82, 2.24) is 4.90 Å². The maximum Gasteiger partial charge on any atom is 0.303 e. The normalized spacial score (nSPS) is 17.7. The van der Waals surface area contributed by atoms with E-state index in [0.717, 1.165) is 25.1 Å². The van der Waals surface area contributed by atoms with Crippen molar-refractivity contribution in [3.05, 3.63) is 30.3 Å². The molecule has 0 saturated carbocycles. The number of para-hydroxylation sites is 1. The fraction of sp³-hybridized carbons (Fsp3) is 0.556. The predicted molar refractivity (Wildman–Crippen MR) is 87.3 cm³/mol. The lowest BCUT2D eigenvalue weighted by molar-refractivity contribution is -0.137. The van der Waals surface area contributed by atoms with Crippen molar-refractivity contribution in [2.45, 2.75) is 38.5 Å². The Morgan fingerprint density at radius 3 is 2.74 bits per heavy atom. The zero-order valence-corrected chi connectivity index (χ0v) is 13.4. The van der Waals surface area contributed by atoms with Crippen LogP contribution in [0.4, 0.5) is 0 Å². The van der Waals surface area contributed by atoms with Gasteiger partial charge in [0.2, 0.25) is 5.91 Å². The van der Waals surface area contributed by atoms with Gasteiger partial charge in [0.05, 0.1) is 6.61 Å². The van der Waals surface area contributed by atoms with Crippen LogP contribution in [0.15, 0.2) is 30.3 Å². The number of aliphatic carboxylic acids is 1. The van der Waals surface area contributed by atoms with Gasteiger partial charge in [0.1, 0.15) is 5.75 Å². The molecule has 0 radical (unpaired) electrons. The summed E-state index contributed by atoms with van der Waals surface area (Å²) in [7, 11) is 0. The van der Waals surface area contributed by atoms with Crippen LogP contribution < -0.4 is 4.74 Å². The number of benzene rings is 1. The van der Waals surface area contributed by atoms with E-state index in [9.17, 15) is 9.59 Å². The van der Waals surface area contributed by atoms with Gasteiger partial charge in [-0.3, -0.25) is 9.59 Å². The number of hydrogen-bond acceptors (Lipinski definition) is 3. The van der Waals surface area contributed by atoms with Crippen molar-refractivity contribution in [3.63, 3.8) is 0 Å². The molecule has 5 heteroatoms. The van der Waals surface area contributed by atoms with Crippen LogP contribution in [-0.4, -0.2) is 41.6 Å². The van der Waals surface area contributed by atoms with Crippen molar-refractivity contribution < 1.29 is 19.4 Å². The van der Waals surface area contributed by atoms with Crippen molar-refractivity contribution in [2.24, 2.45) is 5.92 Å². The van der Waals surface area contributed by atoms with Crippen molar-refractivity contribution in [1.29, 1.82) is 0 Å². The lowest BCUT2D eigenvalue weighted by atomic mass is 9.93. The minimum Gasteiger partial charge on any atom is -0.494 e. The molecule has 1 amide bonds. The Morgan fingerprint density at radius 2 is 2.00 bits per heavy atom. The molecule has 1 fully saturated rings. The van der Waals surface area contributed by atoms with E-state index >= 15 is 0 Å². The predicted octanol–water partition coefficient (Wildman–Crippen LogP) is 2.95. The Kier molecular flexibility index (Phi) is 6.91. The summed E-state index contributed by atoms with van der Waals surface area (Å²) >= 11 is 0. The summed E-state index contributed by atoms with van der Waals surface area (Å²) in [4.78, 5) is 24.8. The molecule has 0 bridgehead atoms. The Labute approximate surface area is 137 Å². The summed E-state index contributed by atoms with van der Waals surface area (Å²) < 4.78 is 5.59. The Bertz CT molecular complexity index is 503. The van der Waals surface area contributed by atoms with Crippen LogP contribution in [0.25, 0.3) is 0 Å². The number of carbonyl (C=O) groups excluding carboxylic acids is 1. The zero-order valence-electron chi connectivity index (χ0n) is 13.4. The highest BCUT2D eigenvalue weighted by atomic mass is 16.5. The SMILES string of the molecule is O=C(O)CC[C@@H]1CCCN(C(=O)CCCOc2ccccc2)C1. The van der Waals surface area contributed by atoms with Gasteiger partial charge in [-0.15, -0.1) is 0 Å². The first-order chi connectivity index (χ1) is 11.1. The third-order valence-electron chi connectivity index (χ3n) is 4.19. The van der Waals surface area contributed by atoms with Gasteiger partial charge in [0, 0.05) is 25.9 Å². The molecule has 2 rings (SSSR count). The van der Waals surface area contributed by atoms with E-state index in [1.807, 2.05) is 35.2 Å². The largest absolute Gasteiger partial charge is 0.494 e. The Morgan fingerprint density at radius 1 is 1.22 bits per heavy atom. The van der Waals surface area contributed by atoms with Gasteiger partial charge in [0.15, 0.2) is 0 Å². The molecular weight excluding hydrogens is 294 g/mol. The number of ether oxygens (including phenoxy) is 1. The molecule has 0 aliphatic carbocycles. The summed E-state index contributed by atoms with van der Waals surface area (Å²) in [6.07, 6.45) is 4.03. The minimum atomic E-state index is -0.758. The van der Waals surface area contributed by atoms with Gasteiger partial charge in [-0.1, -0.05) is 18.2 Å². The summed E-state index contributed by atoms with van der Waals surface area (Å²) in [6, 6.07) is 9.59. The number of carbonyl (C=O) groups is 2. The summed E-state index contributed by atoms with van der Waals surface area (Å²) in [5.74, 6) is 0.546. The van der Waals surface area contributed by atoms with Crippen LogP contribution in [0.2, 0.25) is 0 Å². The molecule has 23 heavy (non-hydrogen) atoms. The second-order valence-electron chi connectivity index (χ2n) is 6.05. The molecule has 1 heterocycles. The average molecular weight is 319 g/mol. The first kappa shape index (κ1) is 17.3. The van der Waals surface area contributed by atoms with Gasteiger partial charge in [-0.25, -0.2) is 0 Å². The zero-order chi connectivity index (χ0) is 16.5. The van der Waals surface area contributed by atoms with Crippen LogP contribution in [0.3, 0.4) is 0 Å². The number of hydrogen-bond donors (Lipinski definition) is 1. The van der Waals surface area contributed by atoms with E-state index in [1.54, 1.807) is 0 Å². The monoisotopic (exact) mass is 319 g/mol. The maximum atomic E-state index is 12.2. The van der Waals surface area contributed by atoms with Crippen LogP contribution >= 0.6 is 0 Å². The summed E-state index contributed by atoms with van der Waals surface area (Å²) in [5, 5.41) is 8.76. The quantitative estimate of drug-likeness (QED) is 0.748. The van der Waals surface area contributed by atoms with Gasteiger partial charge >= 0.3 is 5.97 Å². The maximum absolute atomic E-state index is 12.2. The minimum absolute atomic E-state index is 0.154. The lowest BCUT2D eigenvalue weighted by Gasteiger charge is -2.32. The fourth-order valence-electron chi connectivity index (χ4n) is 2.94. The van der Waals surface area contributed by atoms with Crippen LogP contribution in [-0.2, 0) is 9.59 Å². The molecule has 1 N–H and O–H groups in total. The molecule has 0 aromatic heterocycles. The standard InChI is InChI=1S/C18H25NO4/c20-17(9-5-13-23-16-7-2-1-3-8-16)19-12-4-6-15(14-19)10-11-18(21)22/h1-3,7-8,15H,4-6,9-14H2,(H,21,22)/t15-/m0/s1. The second-order valence-corrected chi connectivity index (χ2v) is 6.05. The third-order valence-corrected chi connectivity index (χ3v) is 4.19. The van der Waals surface area contributed by atoms with Gasteiger partial charge in [-0.2, -0.15) is 0 Å². The lowest BCUT2D eigenvalue weighted by Crippen LogP contribution is -2.40. The highest BCUT2D eigenvalue weighted by Crippen LogP contribution is 2.21.